The summed E-state index contributed by atoms with van der Waals surface area (Å²) >= 11 is 6.51. The lowest BCUT2D eigenvalue weighted by Gasteiger charge is -2.08. The van der Waals surface area contributed by atoms with E-state index < -0.39 is 0 Å². The molecule has 1 aromatic rings. The quantitative estimate of drug-likeness (QED) is 0.797. The second kappa shape index (κ2) is 3.43. The lowest BCUT2D eigenvalue weighted by molar-refractivity contribution is 0.0443. The van der Waals surface area contributed by atoms with E-state index in [0.29, 0.717) is 9.47 Å². The molecule has 1 aliphatic rings. The molecule has 4 nitrogen and oxygen atoms in total. The molecular weight excluding hydrogens is 290 g/mol. The lowest BCUT2D eigenvalue weighted by atomic mass is 10.3. The minimum Gasteiger partial charge on any atom is -0.356 e. The molecule has 66 valence electrons. The maximum absolute atomic E-state index is 5.44. The Morgan fingerprint density at radius 1 is 1.50 bits per heavy atom. The number of ether oxygens (including phenoxy) is 1. The highest BCUT2D eigenvalue weighted by Gasteiger charge is 2.21. The number of rotatable bonds is 1. The fraction of sp³-hybridized carbons (Fsp3) is 0.667. The van der Waals surface area contributed by atoms with Crippen molar-refractivity contribution < 1.29 is 4.74 Å². The highest BCUT2D eigenvalue weighted by atomic mass is 79.9. The lowest BCUT2D eigenvalue weighted by Crippen LogP contribution is -2.09. The van der Waals surface area contributed by atoms with Gasteiger partial charge in [-0.1, -0.05) is 0 Å². The zero-order valence-corrected chi connectivity index (χ0v) is 9.38. The van der Waals surface area contributed by atoms with Gasteiger partial charge in [0.05, 0.1) is 0 Å². The van der Waals surface area contributed by atoms with Crippen LogP contribution in [0.3, 0.4) is 0 Å². The number of hydrogen-bond acceptors (Lipinski definition) is 3. The average Bonchev–Trinajstić information content (AvgIpc) is 2.58. The van der Waals surface area contributed by atoms with Crippen LogP contribution < -0.4 is 0 Å². The number of hydrogen-bond donors (Lipinski definition) is 0. The molecule has 0 aromatic carbocycles. The van der Waals surface area contributed by atoms with Crippen LogP contribution in [0.15, 0.2) is 9.47 Å². The summed E-state index contributed by atoms with van der Waals surface area (Å²) < 4.78 is 8.49. The smallest absolute Gasteiger partial charge is 0.218 e. The fourth-order valence-corrected chi connectivity index (χ4v) is 2.27. The van der Waals surface area contributed by atoms with E-state index >= 15 is 0 Å². The maximum Gasteiger partial charge on any atom is 0.218 e. The topological polar surface area (TPSA) is 39.9 Å². The van der Waals surface area contributed by atoms with Gasteiger partial charge in [-0.05, 0) is 44.7 Å². The molecule has 1 fully saturated rings. The Morgan fingerprint density at radius 3 is 2.83 bits per heavy atom. The van der Waals surface area contributed by atoms with Crippen molar-refractivity contribution in [3.05, 3.63) is 9.47 Å². The highest BCUT2D eigenvalue weighted by Crippen LogP contribution is 2.25. The Kier molecular flexibility index (Phi) is 2.47. The Bertz CT molecular complexity index is 282. The van der Waals surface area contributed by atoms with Crippen LogP contribution in [-0.4, -0.2) is 21.4 Å². The third kappa shape index (κ3) is 1.55. The zero-order valence-electron chi connectivity index (χ0n) is 6.20. The molecule has 1 aromatic heterocycles. The van der Waals surface area contributed by atoms with Crippen LogP contribution in [0, 0.1) is 0 Å². The van der Waals surface area contributed by atoms with E-state index in [9.17, 15) is 0 Å². The summed E-state index contributed by atoms with van der Waals surface area (Å²) in [7, 11) is 0. The van der Waals surface area contributed by atoms with Gasteiger partial charge < -0.3 is 4.74 Å². The predicted molar refractivity (Wildman–Crippen MR) is 49.6 cm³/mol. The number of aromatic nitrogens is 3. The van der Waals surface area contributed by atoms with Gasteiger partial charge in [-0.25, -0.2) is 4.68 Å². The Labute approximate surface area is 86.6 Å². The molecule has 0 saturated carbocycles. The van der Waals surface area contributed by atoms with Crippen LogP contribution >= 0.6 is 31.9 Å². The van der Waals surface area contributed by atoms with Gasteiger partial charge in [0.2, 0.25) is 4.73 Å². The Morgan fingerprint density at radius 2 is 2.33 bits per heavy atom. The van der Waals surface area contributed by atoms with Gasteiger partial charge in [0.25, 0.3) is 0 Å². The first kappa shape index (κ1) is 8.65. The molecule has 0 spiro atoms. The van der Waals surface area contributed by atoms with Gasteiger partial charge in [-0.15, -0.1) is 5.10 Å². The summed E-state index contributed by atoms with van der Waals surface area (Å²) in [5.74, 6) is 0. The monoisotopic (exact) mass is 295 g/mol. The van der Waals surface area contributed by atoms with Gasteiger partial charge in [0.15, 0.2) is 11.0 Å². The number of halogens is 2. The van der Waals surface area contributed by atoms with Gasteiger partial charge >= 0.3 is 0 Å². The molecule has 0 amide bonds. The van der Waals surface area contributed by atoms with E-state index in [4.69, 9.17) is 4.74 Å². The SMILES string of the molecule is Brc1nc(Br)n([C@H]2CCCO2)n1. The van der Waals surface area contributed by atoms with Crippen LogP contribution in [0.2, 0.25) is 0 Å². The minimum absolute atomic E-state index is 0.0539. The summed E-state index contributed by atoms with van der Waals surface area (Å²) in [6.07, 6.45) is 2.15. The van der Waals surface area contributed by atoms with Gasteiger partial charge in [0, 0.05) is 6.61 Å². The summed E-state index contributed by atoms with van der Waals surface area (Å²) in [6, 6.07) is 0. The van der Waals surface area contributed by atoms with Gasteiger partial charge in [0.1, 0.15) is 0 Å². The molecule has 1 saturated heterocycles. The molecule has 1 atom stereocenters. The Hall–Kier alpha value is 0.0600. The first-order chi connectivity index (χ1) is 5.77. The predicted octanol–water partition coefficient (Wildman–Crippen LogP) is 2.11. The van der Waals surface area contributed by atoms with Crippen LogP contribution in [0.25, 0.3) is 0 Å². The molecule has 2 heterocycles. The first-order valence-electron chi connectivity index (χ1n) is 3.66. The second-order valence-corrected chi connectivity index (χ2v) is 3.98. The molecule has 0 radical (unpaired) electrons. The molecule has 6 heteroatoms. The molecule has 12 heavy (non-hydrogen) atoms. The molecule has 0 unspecified atom stereocenters. The fourth-order valence-electron chi connectivity index (χ4n) is 1.22. The van der Waals surface area contributed by atoms with Crippen LogP contribution in [0.1, 0.15) is 19.1 Å². The summed E-state index contributed by atoms with van der Waals surface area (Å²) in [5.41, 5.74) is 0. The third-order valence-electron chi connectivity index (χ3n) is 1.74. The van der Waals surface area contributed by atoms with Crippen molar-refractivity contribution in [2.24, 2.45) is 0 Å². The standard InChI is InChI=1S/C6H7Br2N3O/c7-5-9-6(8)11(10-5)4-2-1-3-12-4/h4H,1-3H2/t4-/m1/s1. The summed E-state index contributed by atoms with van der Waals surface area (Å²) in [6.45, 7) is 0.814. The van der Waals surface area contributed by atoms with Crippen molar-refractivity contribution in [3.63, 3.8) is 0 Å². The molecule has 0 bridgehead atoms. The largest absolute Gasteiger partial charge is 0.356 e. The van der Waals surface area contributed by atoms with Crippen molar-refractivity contribution in [1.29, 1.82) is 0 Å². The van der Waals surface area contributed by atoms with Crippen LogP contribution in [-0.2, 0) is 4.74 Å². The van der Waals surface area contributed by atoms with Crippen molar-refractivity contribution >= 4 is 31.9 Å². The second-order valence-electron chi connectivity index (χ2n) is 2.56. The number of nitrogens with zero attached hydrogens (tertiary/aromatic N) is 3. The van der Waals surface area contributed by atoms with Crippen molar-refractivity contribution in [3.8, 4) is 0 Å². The normalized spacial score (nSPS) is 23.3. The van der Waals surface area contributed by atoms with E-state index in [1.165, 1.54) is 0 Å². The van der Waals surface area contributed by atoms with E-state index in [0.717, 1.165) is 19.4 Å². The van der Waals surface area contributed by atoms with Crippen LogP contribution in [0.5, 0.6) is 0 Å². The van der Waals surface area contributed by atoms with Crippen molar-refractivity contribution in [2.45, 2.75) is 19.1 Å². The van der Waals surface area contributed by atoms with Crippen LogP contribution in [0.4, 0.5) is 0 Å². The average molecular weight is 297 g/mol. The zero-order chi connectivity index (χ0) is 8.55. The van der Waals surface area contributed by atoms with Crippen molar-refractivity contribution in [2.75, 3.05) is 6.61 Å². The van der Waals surface area contributed by atoms with E-state index in [1.54, 1.807) is 4.68 Å². The maximum atomic E-state index is 5.44. The first-order valence-corrected chi connectivity index (χ1v) is 5.25. The van der Waals surface area contributed by atoms with E-state index in [-0.39, 0.29) is 6.23 Å². The molecule has 2 rings (SSSR count). The molecule has 0 N–H and O–H groups in total. The summed E-state index contributed by atoms with van der Waals surface area (Å²) in [4.78, 5) is 4.06. The van der Waals surface area contributed by atoms with E-state index in [1.807, 2.05) is 0 Å². The Balaban J connectivity index is 2.25. The molecule has 1 aliphatic heterocycles. The van der Waals surface area contributed by atoms with E-state index in [2.05, 4.69) is 41.9 Å². The molecule has 0 aliphatic carbocycles. The minimum atomic E-state index is 0.0539. The molecular formula is C6H7Br2N3O. The highest BCUT2D eigenvalue weighted by molar-refractivity contribution is 9.11. The van der Waals surface area contributed by atoms with Crippen molar-refractivity contribution in [1.82, 2.24) is 14.8 Å². The van der Waals surface area contributed by atoms with Gasteiger partial charge in [-0.2, -0.15) is 4.98 Å². The third-order valence-corrected chi connectivity index (χ3v) is 2.62. The van der Waals surface area contributed by atoms with Gasteiger partial charge in [-0.3, -0.25) is 0 Å². The summed E-state index contributed by atoms with van der Waals surface area (Å²) in [5, 5.41) is 4.14.